The van der Waals surface area contributed by atoms with E-state index in [2.05, 4.69) is 12.2 Å². The smallest absolute Gasteiger partial charge is 0.119 e. The van der Waals surface area contributed by atoms with Crippen LogP contribution in [0, 0.1) is 0 Å². The van der Waals surface area contributed by atoms with E-state index >= 15 is 0 Å². The molecule has 2 aromatic carbocycles. The lowest BCUT2D eigenvalue weighted by Gasteiger charge is -2.09. The maximum absolute atomic E-state index is 6.11. The second kappa shape index (κ2) is 7.05. The minimum Gasteiger partial charge on any atom is -0.494 e. The average molecular weight is 276 g/mol. The highest BCUT2D eigenvalue weighted by Crippen LogP contribution is 2.19. The van der Waals surface area contributed by atoms with Crippen molar-refractivity contribution in [3.63, 3.8) is 0 Å². The number of rotatable bonds is 6. The molecule has 0 saturated carbocycles. The number of benzene rings is 2. The zero-order valence-corrected chi connectivity index (χ0v) is 11.8. The summed E-state index contributed by atoms with van der Waals surface area (Å²) >= 11 is 6.11. The van der Waals surface area contributed by atoms with E-state index in [1.165, 1.54) is 0 Å². The van der Waals surface area contributed by atoms with Crippen LogP contribution in [0.4, 0.5) is 5.69 Å². The van der Waals surface area contributed by atoms with E-state index in [1.54, 1.807) is 0 Å². The minimum atomic E-state index is 0.717. The van der Waals surface area contributed by atoms with E-state index in [0.29, 0.717) is 0 Å². The lowest BCUT2D eigenvalue weighted by Crippen LogP contribution is -2.00. The largest absolute Gasteiger partial charge is 0.494 e. The van der Waals surface area contributed by atoms with E-state index in [0.717, 1.165) is 41.6 Å². The Balaban J connectivity index is 1.91. The monoisotopic (exact) mass is 275 g/mol. The molecule has 2 rings (SSSR count). The molecule has 2 aromatic rings. The molecule has 0 atom stereocenters. The highest BCUT2D eigenvalue weighted by atomic mass is 35.5. The van der Waals surface area contributed by atoms with Crippen molar-refractivity contribution in [1.82, 2.24) is 0 Å². The lowest BCUT2D eigenvalue weighted by atomic mass is 10.2. The van der Waals surface area contributed by atoms with Crippen LogP contribution in [0.3, 0.4) is 0 Å². The van der Waals surface area contributed by atoms with Crippen LogP contribution in [-0.4, -0.2) is 6.61 Å². The van der Waals surface area contributed by atoms with Gasteiger partial charge in [-0.15, -0.1) is 0 Å². The minimum absolute atomic E-state index is 0.717. The van der Waals surface area contributed by atoms with Crippen molar-refractivity contribution in [2.45, 2.75) is 19.9 Å². The van der Waals surface area contributed by atoms with E-state index in [-0.39, 0.29) is 0 Å². The summed E-state index contributed by atoms with van der Waals surface area (Å²) in [6.45, 7) is 3.57. The Bertz CT molecular complexity index is 510. The van der Waals surface area contributed by atoms with Crippen molar-refractivity contribution in [1.29, 1.82) is 0 Å². The fourth-order valence-corrected chi connectivity index (χ4v) is 1.93. The van der Waals surface area contributed by atoms with Crippen molar-refractivity contribution in [2.24, 2.45) is 0 Å². The molecule has 0 saturated heterocycles. The fourth-order valence-electron chi connectivity index (χ4n) is 1.73. The number of hydrogen-bond acceptors (Lipinski definition) is 2. The molecule has 0 aliphatic carbocycles. The first-order valence-electron chi connectivity index (χ1n) is 6.49. The zero-order valence-electron chi connectivity index (χ0n) is 11.0. The van der Waals surface area contributed by atoms with E-state index in [9.17, 15) is 0 Å². The topological polar surface area (TPSA) is 21.3 Å². The Kier molecular flexibility index (Phi) is 5.10. The second-order valence-electron chi connectivity index (χ2n) is 4.32. The van der Waals surface area contributed by atoms with Crippen LogP contribution in [0.15, 0.2) is 48.5 Å². The van der Waals surface area contributed by atoms with Gasteiger partial charge in [-0.3, -0.25) is 0 Å². The van der Waals surface area contributed by atoms with Gasteiger partial charge in [-0.2, -0.15) is 0 Å². The van der Waals surface area contributed by atoms with Crippen molar-refractivity contribution < 1.29 is 4.74 Å². The van der Waals surface area contributed by atoms with Crippen LogP contribution in [0.1, 0.15) is 18.9 Å². The van der Waals surface area contributed by atoms with Gasteiger partial charge >= 0.3 is 0 Å². The van der Waals surface area contributed by atoms with Gasteiger partial charge in [0.25, 0.3) is 0 Å². The third kappa shape index (κ3) is 4.18. The molecule has 1 N–H and O–H groups in total. The summed E-state index contributed by atoms with van der Waals surface area (Å²) in [5.74, 6) is 0.908. The van der Waals surface area contributed by atoms with Crippen molar-refractivity contribution in [3.05, 3.63) is 59.1 Å². The van der Waals surface area contributed by atoms with Gasteiger partial charge in [0.2, 0.25) is 0 Å². The molecule has 0 unspecified atom stereocenters. The Labute approximate surface area is 119 Å². The molecule has 0 aliphatic heterocycles. The Morgan fingerprint density at radius 1 is 1.05 bits per heavy atom. The molecule has 2 nitrogen and oxygen atoms in total. The molecular formula is C16H18ClNO. The second-order valence-corrected chi connectivity index (χ2v) is 4.73. The van der Waals surface area contributed by atoms with Gasteiger partial charge in [0, 0.05) is 17.3 Å². The predicted molar refractivity (Wildman–Crippen MR) is 81.0 cm³/mol. The van der Waals surface area contributed by atoms with Gasteiger partial charge in [-0.1, -0.05) is 36.7 Å². The van der Waals surface area contributed by atoms with Crippen LogP contribution in [0.25, 0.3) is 0 Å². The fraction of sp³-hybridized carbons (Fsp3) is 0.250. The number of hydrogen-bond donors (Lipinski definition) is 1. The maximum atomic E-state index is 6.11. The highest BCUT2D eigenvalue weighted by Gasteiger charge is 1.99. The Morgan fingerprint density at radius 3 is 2.47 bits per heavy atom. The van der Waals surface area contributed by atoms with Crippen LogP contribution in [0.2, 0.25) is 5.02 Å². The summed E-state index contributed by atoms with van der Waals surface area (Å²) in [4.78, 5) is 0. The zero-order chi connectivity index (χ0) is 13.5. The van der Waals surface area contributed by atoms with Crippen molar-refractivity contribution in [3.8, 4) is 5.75 Å². The molecular weight excluding hydrogens is 258 g/mol. The van der Waals surface area contributed by atoms with Crippen molar-refractivity contribution in [2.75, 3.05) is 11.9 Å². The Hall–Kier alpha value is -1.67. The van der Waals surface area contributed by atoms with E-state index in [1.807, 2.05) is 48.5 Å². The first-order valence-corrected chi connectivity index (χ1v) is 6.87. The SMILES string of the molecule is CCCOc1ccc(NCc2ccccc2Cl)cc1. The summed E-state index contributed by atoms with van der Waals surface area (Å²) < 4.78 is 5.54. The van der Waals surface area contributed by atoms with Gasteiger partial charge in [-0.05, 0) is 42.3 Å². The van der Waals surface area contributed by atoms with Gasteiger partial charge in [0.05, 0.1) is 6.61 Å². The molecule has 0 fully saturated rings. The number of halogens is 1. The normalized spacial score (nSPS) is 10.2. The van der Waals surface area contributed by atoms with Gasteiger partial charge in [0.15, 0.2) is 0 Å². The molecule has 0 heterocycles. The first-order chi connectivity index (χ1) is 9.29. The van der Waals surface area contributed by atoms with Gasteiger partial charge < -0.3 is 10.1 Å². The van der Waals surface area contributed by atoms with E-state index in [4.69, 9.17) is 16.3 Å². The predicted octanol–water partition coefficient (Wildman–Crippen LogP) is 4.74. The molecule has 3 heteroatoms. The summed E-state index contributed by atoms with van der Waals surface area (Å²) in [7, 11) is 0. The van der Waals surface area contributed by atoms with E-state index < -0.39 is 0 Å². The number of ether oxygens (including phenoxy) is 1. The standard InChI is InChI=1S/C16H18ClNO/c1-2-11-19-15-9-7-14(8-10-15)18-12-13-5-3-4-6-16(13)17/h3-10,18H,2,11-12H2,1H3. The molecule has 0 aromatic heterocycles. The summed E-state index contributed by atoms with van der Waals surface area (Å²) in [6, 6.07) is 15.8. The lowest BCUT2D eigenvalue weighted by molar-refractivity contribution is 0.317. The molecule has 0 spiro atoms. The Morgan fingerprint density at radius 2 is 1.79 bits per heavy atom. The molecule has 0 bridgehead atoms. The summed E-state index contributed by atoms with van der Waals surface area (Å²) in [5.41, 5.74) is 2.15. The quantitative estimate of drug-likeness (QED) is 0.822. The first kappa shape index (κ1) is 13.8. The highest BCUT2D eigenvalue weighted by molar-refractivity contribution is 6.31. The summed E-state index contributed by atoms with van der Waals surface area (Å²) in [5, 5.41) is 4.13. The van der Waals surface area contributed by atoms with Gasteiger partial charge in [-0.25, -0.2) is 0 Å². The number of anilines is 1. The van der Waals surface area contributed by atoms with Crippen molar-refractivity contribution >= 4 is 17.3 Å². The van der Waals surface area contributed by atoms with Crippen LogP contribution in [0.5, 0.6) is 5.75 Å². The molecule has 0 aliphatic rings. The molecule has 100 valence electrons. The third-order valence-corrected chi connectivity index (χ3v) is 3.14. The third-order valence-electron chi connectivity index (χ3n) is 2.77. The molecule has 0 radical (unpaired) electrons. The molecule has 19 heavy (non-hydrogen) atoms. The van der Waals surface area contributed by atoms with Crippen LogP contribution < -0.4 is 10.1 Å². The maximum Gasteiger partial charge on any atom is 0.119 e. The van der Waals surface area contributed by atoms with Crippen LogP contribution >= 0.6 is 11.6 Å². The summed E-state index contributed by atoms with van der Waals surface area (Å²) in [6.07, 6.45) is 1.02. The van der Waals surface area contributed by atoms with Gasteiger partial charge in [0.1, 0.15) is 5.75 Å². The van der Waals surface area contributed by atoms with Crippen LogP contribution in [-0.2, 0) is 6.54 Å². The average Bonchev–Trinajstić information content (AvgIpc) is 2.45. The molecule has 0 amide bonds. The number of nitrogens with one attached hydrogen (secondary N) is 1.